The van der Waals surface area contributed by atoms with Crippen molar-refractivity contribution in [3.63, 3.8) is 0 Å². The molecule has 2 atom stereocenters. The minimum Gasteiger partial charge on any atom is -0.454 e. The Hall–Kier alpha value is -2.09. The Morgan fingerprint density at radius 2 is 1.88 bits per heavy atom. The van der Waals surface area contributed by atoms with Crippen molar-refractivity contribution in [3.8, 4) is 0 Å². The number of carbonyl (C=O) groups excluding carboxylic acids is 1. The largest absolute Gasteiger partial charge is 0.454 e. The number of aryl methyl sites for hydroxylation is 1. The molecule has 2 nitrogen and oxygen atoms in total. The number of hydrogen-bond donors (Lipinski definition) is 0. The standard InChI is InChI=1S/C22H26O2/c1-3-16(2)17-12-14-19(15-13-17)22(23)24-21-11-7-5-9-18-8-4-6-10-20(18)21/h4,6,8,10,12-16,21H,3,5,7,9,11H2,1-2H3. The highest BCUT2D eigenvalue weighted by atomic mass is 16.5. The van der Waals surface area contributed by atoms with Crippen LogP contribution in [0.2, 0.25) is 0 Å². The van der Waals surface area contributed by atoms with Crippen LogP contribution in [0.3, 0.4) is 0 Å². The third kappa shape index (κ3) is 3.69. The van der Waals surface area contributed by atoms with Crippen molar-refractivity contribution in [2.75, 3.05) is 0 Å². The van der Waals surface area contributed by atoms with Crippen molar-refractivity contribution in [1.29, 1.82) is 0 Å². The van der Waals surface area contributed by atoms with Gasteiger partial charge in [-0.2, -0.15) is 0 Å². The van der Waals surface area contributed by atoms with Crippen LogP contribution in [0.25, 0.3) is 0 Å². The van der Waals surface area contributed by atoms with E-state index in [4.69, 9.17) is 4.74 Å². The van der Waals surface area contributed by atoms with Crippen LogP contribution in [0.1, 0.15) is 78.6 Å². The second-order valence-corrected chi connectivity index (χ2v) is 6.77. The SMILES string of the molecule is CCC(C)c1ccc(C(=O)OC2CCCCc3ccccc32)cc1. The quantitative estimate of drug-likeness (QED) is 0.523. The molecule has 2 unspecified atom stereocenters. The van der Waals surface area contributed by atoms with Crippen LogP contribution in [0.4, 0.5) is 0 Å². The van der Waals surface area contributed by atoms with Crippen molar-refractivity contribution < 1.29 is 9.53 Å². The molecule has 0 N–H and O–H groups in total. The zero-order valence-electron chi connectivity index (χ0n) is 14.6. The van der Waals surface area contributed by atoms with E-state index in [0.717, 1.165) is 32.1 Å². The Kier molecular flexibility index (Phi) is 5.34. The summed E-state index contributed by atoms with van der Waals surface area (Å²) >= 11 is 0. The summed E-state index contributed by atoms with van der Waals surface area (Å²) in [5.74, 6) is 0.302. The summed E-state index contributed by atoms with van der Waals surface area (Å²) in [5.41, 5.74) is 4.41. The van der Waals surface area contributed by atoms with E-state index in [1.54, 1.807) is 0 Å². The summed E-state index contributed by atoms with van der Waals surface area (Å²) < 4.78 is 5.87. The molecule has 0 radical (unpaired) electrons. The Morgan fingerprint density at radius 1 is 1.12 bits per heavy atom. The number of carbonyl (C=O) groups is 1. The van der Waals surface area contributed by atoms with Gasteiger partial charge >= 0.3 is 5.97 Å². The van der Waals surface area contributed by atoms with Crippen LogP contribution in [-0.2, 0) is 11.2 Å². The van der Waals surface area contributed by atoms with Gasteiger partial charge in [0.2, 0.25) is 0 Å². The first-order valence-corrected chi connectivity index (χ1v) is 9.07. The number of esters is 1. The highest BCUT2D eigenvalue weighted by Gasteiger charge is 2.22. The molecule has 0 spiro atoms. The Bertz CT molecular complexity index is 687. The maximum Gasteiger partial charge on any atom is 0.338 e. The maximum absolute atomic E-state index is 12.6. The van der Waals surface area contributed by atoms with Gasteiger partial charge in [0.1, 0.15) is 6.10 Å². The maximum atomic E-state index is 12.6. The molecule has 0 heterocycles. The van der Waals surface area contributed by atoms with Gasteiger partial charge in [-0.15, -0.1) is 0 Å². The highest BCUT2D eigenvalue weighted by molar-refractivity contribution is 5.89. The van der Waals surface area contributed by atoms with Gasteiger partial charge in [-0.1, -0.05) is 50.2 Å². The molecule has 0 bridgehead atoms. The van der Waals surface area contributed by atoms with E-state index in [-0.39, 0.29) is 12.1 Å². The average molecular weight is 322 g/mol. The molecule has 0 saturated carbocycles. The fourth-order valence-corrected chi connectivity index (χ4v) is 3.38. The van der Waals surface area contributed by atoms with Gasteiger partial charge in [-0.3, -0.25) is 0 Å². The van der Waals surface area contributed by atoms with Crippen molar-refractivity contribution in [3.05, 3.63) is 70.8 Å². The van der Waals surface area contributed by atoms with Crippen LogP contribution < -0.4 is 0 Å². The van der Waals surface area contributed by atoms with E-state index in [9.17, 15) is 4.79 Å². The van der Waals surface area contributed by atoms with Gasteiger partial charge in [0, 0.05) is 0 Å². The van der Waals surface area contributed by atoms with E-state index in [1.165, 1.54) is 16.7 Å². The van der Waals surface area contributed by atoms with E-state index in [1.807, 2.05) is 30.3 Å². The molecule has 2 heteroatoms. The molecule has 24 heavy (non-hydrogen) atoms. The lowest BCUT2D eigenvalue weighted by Crippen LogP contribution is -2.12. The monoisotopic (exact) mass is 322 g/mol. The van der Waals surface area contributed by atoms with Crippen molar-refractivity contribution in [2.45, 2.75) is 58.0 Å². The first kappa shape index (κ1) is 16.8. The summed E-state index contributed by atoms with van der Waals surface area (Å²) in [5, 5.41) is 0. The molecular formula is C22H26O2. The van der Waals surface area contributed by atoms with Crippen molar-refractivity contribution in [1.82, 2.24) is 0 Å². The zero-order valence-corrected chi connectivity index (χ0v) is 14.6. The van der Waals surface area contributed by atoms with Gasteiger partial charge in [-0.05, 0) is 66.8 Å². The van der Waals surface area contributed by atoms with Crippen LogP contribution in [0.5, 0.6) is 0 Å². The minimum absolute atomic E-state index is 0.120. The molecule has 0 aliphatic heterocycles. The third-order valence-corrected chi connectivity index (χ3v) is 5.14. The van der Waals surface area contributed by atoms with Crippen LogP contribution in [0.15, 0.2) is 48.5 Å². The van der Waals surface area contributed by atoms with E-state index in [0.29, 0.717) is 11.5 Å². The van der Waals surface area contributed by atoms with E-state index >= 15 is 0 Å². The smallest absolute Gasteiger partial charge is 0.338 e. The van der Waals surface area contributed by atoms with E-state index < -0.39 is 0 Å². The fourth-order valence-electron chi connectivity index (χ4n) is 3.38. The molecular weight excluding hydrogens is 296 g/mol. The fraction of sp³-hybridized carbons (Fsp3) is 0.409. The number of benzene rings is 2. The van der Waals surface area contributed by atoms with Crippen LogP contribution in [-0.4, -0.2) is 5.97 Å². The molecule has 2 aromatic rings. The predicted molar refractivity (Wildman–Crippen MR) is 97.3 cm³/mol. The molecule has 3 rings (SSSR count). The van der Waals surface area contributed by atoms with Gasteiger partial charge in [0.25, 0.3) is 0 Å². The molecule has 1 aliphatic rings. The number of fused-ring (bicyclic) bond motifs is 1. The topological polar surface area (TPSA) is 26.3 Å². The predicted octanol–water partition coefficient (Wildman–Crippen LogP) is 5.82. The summed E-state index contributed by atoms with van der Waals surface area (Å²) in [6.45, 7) is 4.38. The number of hydrogen-bond acceptors (Lipinski definition) is 2. The molecule has 2 aromatic carbocycles. The van der Waals surface area contributed by atoms with Gasteiger partial charge in [0.05, 0.1) is 5.56 Å². The number of ether oxygens (including phenoxy) is 1. The van der Waals surface area contributed by atoms with Crippen LogP contribution >= 0.6 is 0 Å². The molecule has 0 fully saturated rings. The molecule has 0 aromatic heterocycles. The first-order valence-electron chi connectivity index (χ1n) is 9.07. The third-order valence-electron chi connectivity index (χ3n) is 5.14. The second kappa shape index (κ2) is 7.65. The van der Waals surface area contributed by atoms with E-state index in [2.05, 4.69) is 32.0 Å². The molecule has 0 amide bonds. The normalized spacial score (nSPS) is 18.3. The lowest BCUT2D eigenvalue weighted by atomic mass is 9.97. The minimum atomic E-state index is -0.215. The zero-order chi connectivity index (χ0) is 16.9. The highest BCUT2D eigenvalue weighted by Crippen LogP contribution is 2.32. The second-order valence-electron chi connectivity index (χ2n) is 6.77. The molecule has 1 aliphatic carbocycles. The first-order chi connectivity index (χ1) is 11.7. The lowest BCUT2D eigenvalue weighted by molar-refractivity contribution is 0.0276. The summed E-state index contributed by atoms with van der Waals surface area (Å²) in [6, 6.07) is 16.2. The summed E-state index contributed by atoms with van der Waals surface area (Å²) in [6.07, 6.45) is 5.23. The van der Waals surface area contributed by atoms with Gasteiger partial charge in [-0.25, -0.2) is 4.79 Å². The lowest BCUT2D eigenvalue weighted by Gasteiger charge is -2.19. The Balaban J connectivity index is 1.75. The van der Waals surface area contributed by atoms with Gasteiger partial charge in [0.15, 0.2) is 0 Å². The molecule has 126 valence electrons. The van der Waals surface area contributed by atoms with Crippen molar-refractivity contribution in [2.24, 2.45) is 0 Å². The number of rotatable bonds is 4. The Labute approximate surface area is 144 Å². The van der Waals surface area contributed by atoms with Crippen molar-refractivity contribution >= 4 is 5.97 Å². The van der Waals surface area contributed by atoms with Gasteiger partial charge < -0.3 is 4.74 Å². The Morgan fingerprint density at radius 3 is 2.62 bits per heavy atom. The average Bonchev–Trinajstić information content (AvgIpc) is 2.83. The molecule has 0 saturated heterocycles. The summed E-state index contributed by atoms with van der Waals surface area (Å²) in [4.78, 5) is 12.6. The van der Waals surface area contributed by atoms with Crippen LogP contribution in [0, 0.1) is 0 Å². The summed E-state index contributed by atoms with van der Waals surface area (Å²) in [7, 11) is 0.